The van der Waals surface area contributed by atoms with Gasteiger partial charge in [0.05, 0.1) is 0 Å². The zero-order chi connectivity index (χ0) is 10.5. The Labute approximate surface area is 79.8 Å². The number of carbonyl (C=O) groups is 1. The molecule has 0 aliphatic heterocycles. The van der Waals surface area contributed by atoms with Crippen molar-refractivity contribution in [1.82, 2.24) is 5.32 Å². The van der Waals surface area contributed by atoms with E-state index in [1.54, 1.807) is 0 Å². The first kappa shape index (κ1) is 12.0. The molecule has 0 unspecified atom stereocenters. The molecule has 0 aliphatic carbocycles. The van der Waals surface area contributed by atoms with Gasteiger partial charge in [0.1, 0.15) is 0 Å². The number of nitrogens with one attached hydrogen (secondary N) is 1. The maximum absolute atomic E-state index is 10.1. The minimum Gasteiger partial charge on any atom is -0.478 e. The summed E-state index contributed by atoms with van der Waals surface area (Å²) in [5.74, 6) is -0.354. The van der Waals surface area contributed by atoms with E-state index in [2.05, 4.69) is 33.0 Å². The third-order valence-electron chi connectivity index (χ3n) is 2.46. The van der Waals surface area contributed by atoms with Gasteiger partial charge in [0.15, 0.2) is 0 Å². The summed E-state index contributed by atoms with van der Waals surface area (Å²) in [6.07, 6.45) is 2.59. The number of hydrogen-bond donors (Lipinski definition) is 2. The lowest BCUT2D eigenvalue weighted by atomic mass is 9.81. The zero-order valence-corrected chi connectivity index (χ0v) is 8.79. The average molecular weight is 185 g/mol. The van der Waals surface area contributed by atoms with Crippen molar-refractivity contribution in [3.8, 4) is 0 Å². The molecule has 0 radical (unpaired) electrons. The monoisotopic (exact) mass is 185 g/mol. The van der Waals surface area contributed by atoms with Crippen molar-refractivity contribution in [2.45, 2.75) is 27.7 Å². The average Bonchev–Trinajstić information content (AvgIpc) is 1.97. The van der Waals surface area contributed by atoms with Crippen molar-refractivity contribution in [2.75, 3.05) is 6.54 Å². The Morgan fingerprint density at radius 2 is 2.08 bits per heavy atom. The van der Waals surface area contributed by atoms with Gasteiger partial charge in [-0.2, -0.15) is 0 Å². The van der Waals surface area contributed by atoms with E-state index in [1.807, 2.05) is 0 Å². The number of aliphatic carboxylic acids is 1. The van der Waals surface area contributed by atoms with Crippen LogP contribution in [0.25, 0.3) is 0 Å². The molecule has 3 heteroatoms. The Kier molecular flexibility index (Phi) is 4.52. The Balaban J connectivity index is 3.82. The van der Waals surface area contributed by atoms with Gasteiger partial charge >= 0.3 is 5.97 Å². The second kappa shape index (κ2) is 4.90. The lowest BCUT2D eigenvalue weighted by Crippen LogP contribution is -2.30. The molecule has 13 heavy (non-hydrogen) atoms. The van der Waals surface area contributed by atoms with Gasteiger partial charge in [-0.3, -0.25) is 0 Å². The van der Waals surface area contributed by atoms with Crippen molar-refractivity contribution in [3.63, 3.8) is 0 Å². The van der Waals surface area contributed by atoms with E-state index in [9.17, 15) is 4.79 Å². The fourth-order valence-electron chi connectivity index (χ4n) is 0.656. The third kappa shape index (κ3) is 5.28. The number of hydrogen-bond acceptors (Lipinski definition) is 2. The van der Waals surface area contributed by atoms with Crippen molar-refractivity contribution in [3.05, 3.63) is 12.3 Å². The molecule has 0 aromatic carbocycles. The molecule has 0 saturated heterocycles. The van der Waals surface area contributed by atoms with E-state index in [1.165, 1.54) is 6.20 Å². The van der Waals surface area contributed by atoms with Crippen LogP contribution in [-0.4, -0.2) is 17.6 Å². The molecular formula is C10H19NO2. The summed E-state index contributed by atoms with van der Waals surface area (Å²) in [4.78, 5) is 10.1. The molecule has 0 rings (SSSR count). The van der Waals surface area contributed by atoms with Gasteiger partial charge in [0.2, 0.25) is 0 Å². The molecule has 0 atom stereocenters. The van der Waals surface area contributed by atoms with Crippen LogP contribution in [0, 0.1) is 11.3 Å². The molecule has 76 valence electrons. The Bertz CT molecular complexity index is 195. The molecule has 0 heterocycles. The Morgan fingerprint density at radius 1 is 1.54 bits per heavy atom. The van der Waals surface area contributed by atoms with E-state index in [-0.39, 0.29) is 5.41 Å². The lowest BCUT2D eigenvalue weighted by Gasteiger charge is -2.28. The van der Waals surface area contributed by atoms with Crippen LogP contribution in [0.2, 0.25) is 0 Å². The molecule has 0 spiro atoms. The lowest BCUT2D eigenvalue weighted by molar-refractivity contribution is -0.131. The first-order valence-electron chi connectivity index (χ1n) is 4.49. The van der Waals surface area contributed by atoms with E-state index in [4.69, 9.17) is 5.11 Å². The fraction of sp³-hybridized carbons (Fsp3) is 0.700. The molecule has 2 N–H and O–H groups in total. The Hall–Kier alpha value is -0.990. The minimum atomic E-state index is -0.921. The molecule has 0 aromatic heterocycles. The molecule has 0 saturated carbocycles. The Morgan fingerprint density at radius 3 is 2.46 bits per heavy atom. The highest BCUT2D eigenvalue weighted by molar-refractivity contribution is 5.79. The first-order valence-corrected chi connectivity index (χ1v) is 4.49. The highest BCUT2D eigenvalue weighted by atomic mass is 16.4. The second-order valence-corrected chi connectivity index (χ2v) is 4.20. The SMILES string of the molecule is CC(C)C(C)(C)CN/C=C/C(=O)O. The quantitative estimate of drug-likeness (QED) is 0.643. The van der Waals surface area contributed by atoms with Gasteiger partial charge < -0.3 is 10.4 Å². The van der Waals surface area contributed by atoms with E-state index in [0.717, 1.165) is 12.6 Å². The van der Waals surface area contributed by atoms with Gasteiger partial charge in [-0.25, -0.2) is 4.79 Å². The molecule has 0 amide bonds. The van der Waals surface area contributed by atoms with E-state index >= 15 is 0 Å². The molecule has 3 nitrogen and oxygen atoms in total. The molecule has 0 aromatic rings. The highest BCUT2D eigenvalue weighted by Gasteiger charge is 2.20. The summed E-state index contributed by atoms with van der Waals surface area (Å²) >= 11 is 0. The predicted octanol–water partition coefficient (Wildman–Crippen LogP) is 1.86. The summed E-state index contributed by atoms with van der Waals surface area (Å²) in [6.45, 7) is 9.40. The van der Waals surface area contributed by atoms with Crippen molar-refractivity contribution in [2.24, 2.45) is 11.3 Å². The van der Waals surface area contributed by atoms with E-state index < -0.39 is 5.97 Å². The molecule has 0 bridgehead atoms. The summed E-state index contributed by atoms with van der Waals surface area (Å²) in [6, 6.07) is 0. The van der Waals surface area contributed by atoms with Gasteiger partial charge in [-0.05, 0) is 11.3 Å². The van der Waals surface area contributed by atoms with E-state index in [0.29, 0.717) is 5.92 Å². The van der Waals surface area contributed by atoms with Crippen LogP contribution in [0.3, 0.4) is 0 Å². The zero-order valence-electron chi connectivity index (χ0n) is 8.79. The van der Waals surface area contributed by atoms with Crippen molar-refractivity contribution >= 4 is 5.97 Å². The minimum absolute atomic E-state index is 0.183. The predicted molar refractivity (Wildman–Crippen MR) is 53.4 cm³/mol. The van der Waals surface area contributed by atoms with Crippen LogP contribution in [0.5, 0.6) is 0 Å². The van der Waals surface area contributed by atoms with Crippen molar-refractivity contribution < 1.29 is 9.90 Å². The van der Waals surface area contributed by atoms with Crippen LogP contribution in [0.15, 0.2) is 12.3 Å². The second-order valence-electron chi connectivity index (χ2n) is 4.20. The first-order chi connectivity index (χ1) is 5.86. The fourth-order valence-corrected chi connectivity index (χ4v) is 0.656. The highest BCUT2D eigenvalue weighted by Crippen LogP contribution is 2.24. The van der Waals surface area contributed by atoms with Crippen molar-refractivity contribution in [1.29, 1.82) is 0 Å². The summed E-state index contributed by atoms with van der Waals surface area (Å²) in [5, 5.41) is 11.3. The van der Waals surface area contributed by atoms with Crippen LogP contribution >= 0.6 is 0 Å². The topological polar surface area (TPSA) is 49.3 Å². The molecular weight excluding hydrogens is 166 g/mol. The maximum atomic E-state index is 10.1. The largest absolute Gasteiger partial charge is 0.478 e. The van der Waals surface area contributed by atoms with Crippen LogP contribution in [-0.2, 0) is 4.79 Å². The standard InChI is InChI=1S/C10H19NO2/c1-8(2)10(3,4)7-11-6-5-9(12)13/h5-6,8,11H,7H2,1-4H3,(H,12,13)/b6-5+. The van der Waals surface area contributed by atoms with Crippen LogP contribution in [0.4, 0.5) is 0 Å². The van der Waals surface area contributed by atoms with Gasteiger partial charge in [0, 0.05) is 18.8 Å². The van der Waals surface area contributed by atoms with Crippen LogP contribution < -0.4 is 5.32 Å². The van der Waals surface area contributed by atoms with Gasteiger partial charge in [-0.15, -0.1) is 0 Å². The number of rotatable bonds is 5. The number of carboxylic acid groups (broad SMARTS) is 1. The summed E-state index contributed by atoms with van der Waals surface area (Å²) in [5.41, 5.74) is 0.183. The van der Waals surface area contributed by atoms with Gasteiger partial charge in [-0.1, -0.05) is 27.7 Å². The number of carboxylic acids is 1. The smallest absolute Gasteiger partial charge is 0.329 e. The third-order valence-corrected chi connectivity index (χ3v) is 2.46. The summed E-state index contributed by atoms with van der Waals surface area (Å²) in [7, 11) is 0. The van der Waals surface area contributed by atoms with Gasteiger partial charge in [0.25, 0.3) is 0 Å². The molecule has 0 fully saturated rings. The molecule has 0 aliphatic rings. The maximum Gasteiger partial charge on any atom is 0.329 e. The summed E-state index contributed by atoms with van der Waals surface area (Å²) < 4.78 is 0. The normalized spacial score (nSPS) is 12.4. The van der Waals surface area contributed by atoms with Crippen LogP contribution in [0.1, 0.15) is 27.7 Å².